The zero-order valence-electron chi connectivity index (χ0n) is 14.8. The lowest BCUT2D eigenvalue weighted by Crippen LogP contribution is -2.12. The number of ether oxygens (including phenoxy) is 1. The lowest BCUT2D eigenvalue weighted by molar-refractivity contribution is 0.0996. The summed E-state index contributed by atoms with van der Waals surface area (Å²) in [6.45, 7) is 2.57. The minimum absolute atomic E-state index is 0.251. The molecule has 0 bridgehead atoms. The number of nitrogens with zero attached hydrogens (tertiary/aromatic N) is 1. The first-order valence-electron chi connectivity index (χ1n) is 9.08. The Kier molecular flexibility index (Phi) is 4.61. The highest BCUT2D eigenvalue weighted by molar-refractivity contribution is 6.04. The van der Waals surface area contributed by atoms with Gasteiger partial charge in [0.15, 0.2) is 5.76 Å². The van der Waals surface area contributed by atoms with Crippen molar-refractivity contribution in [3.05, 3.63) is 54.1 Å². The van der Waals surface area contributed by atoms with Crippen LogP contribution in [0.15, 0.2) is 47.2 Å². The van der Waals surface area contributed by atoms with Gasteiger partial charge in [-0.25, -0.2) is 4.98 Å². The van der Waals surface area contributed by atoms with Crippen LogP contribution in [0.3, 0.4) is 0 Å². The molecule has 0 unspecified atom stereocenters. The van der Waals surface area contributed by atoms with Crippen LogP contribution in [-0.4, -0.2) is 17.5 Å². The first kappa shape index (κ1) is 16.6. The van der Waals surface area contributed by atoms with E-state index in [1.54, 1.807) is 12.3 Å². The number of hydrogen-bond donors (Lipinski definition) is 1. The molecule has 5 nitrogen and oxygen atoms in total. The number of aromatic nitrogens is 1. The molecular weight excluding hydrogens is 328 g/mol. The van der Waals surface area contributed by atoms with Crippen LogP contribution >= 0.6 is 0 Å². The topological polar surface area (TPSA) is 64.4 Å². The van der Waals surface area contributed by atoms with Crippen molar-refractivity contribution >= 4 is 22.4 Å². The number of hydrogen-bond acceptors (Lipinski definition) is 4. The van der Waals surface area contributed by atoms with Gasteiger partial charge in [0.1, 0.15) is 0 Å². The molecule has 2 aromatic heterocycles. The highest BCUT2D eigenvalue weighted by Gasteiger charge is 2.17. The van der Waals surface area contributed by atoms with Crippen molar-refractivity contribution < 1.29 is 13.9 Å². The first-order valence-corrected chi connectivity index (χ1v) is 9.08. The number of pyridine rings is 1. The summed E-state index contributed by atoms with van der Waals surface area (Å²) in [7, 11) is 0. The molecule has 5 heteroatoms. The smallest absolute Gasteiger partial charge is 0.291 e. The standard InChI is InChI=1S/C21H22N2O3/c1-14-9-11-25-19(14)20(24)23-17-6-7-18-16(12-17)8-10-22-21(18)26-13-15-4-2-3-5-15/h6-12,15H,2-5,13H2,1H3,(H,23,24). The number of benzene rings is 1. The average molecular weight is 350 g/mol. The Hall–Kier alpha value is -2.82. The Morgan fingerprint density at radius 2 is 2.12 bits per heavy atom. The zero-order valence-corrected chi connectivity index (χ0v) is 14.8. The third-order valence-electron chi connectivity index (χ3n) is 4.98. The molecule has 1 amide bonds. The molecule has 0 radical (unpaired) electrons. The van der Waals surface area contributed by atoms with E-state index in [0.29, 0.717) is 23.2 Å². The fourth-order valence-corrected chi connectivity index (χ4v) is 3.51. The molecule has 1 saturated carbocycles. The predicted molar refractivity (Wildman–Crippen MR) is 101 cm³/mol. The summed E-state index contributed by atoms with van der Waals surface area (Å²) in [4.78, 5) is 16.7. The summed E-state index contributed by atoms with van der Waals surface area (Å²) in [6, 6.07) is 9.43. The molecule has 0 spiro atoms. The third-order valence-corrected chi connectivity index (χ3v) is 4.98. The maximum atomic E-state index is 12.3. The maximum absolute atomic E-state index is 12.3. The van der Waals surface area contributed by atoms with Gasteiger partial charge in [-0.2, -0.15) is 0 Å². The monoisotopic (exact) mass is 350 g/mol. The van der Waals surface area contributed by atoms with Crippen LogP contribution < -0.4 is 10.1 Å². The van der Waals surface area contributed by atoms with Crippen LogP contribution in [-0.2, 0) is 0 Å². The van der Waals surface area contributed by atoms with Crippen molar-refractivity contribution in [1.29, 1.82) is 0 Å². The van der Waals surface area contributed by atoms with Gasteiger partial charge in [-0.3, -0.25) is 4.79 Å². The van der Waals surface area contributed by atoms with Crippen LogP contribution in [0.2, 0.25) is 0 Å². The second kappa shape index (κ2) is 7.20. The number of nitrogens with one attached hydrogen (secondary N) is 1. The maximum Gasteiger partial charge on any atom is 0.291 e. The lowest BCUT2D eigenvalue weighted by Gasteiger charge is -2.13. The number of fused-ring (bicyclic) bond motifs is 1. The largest absolute Gasteiger partial charge is 0.477 e. The average Bonchev–Trinajstić information content (AvgIpc) is 3.31. The molecule has 0 saturated heterocycles. The van der Waals surface area contributed by atoms with Gasteiger partial charge < -0.3 is 14.5 Å². The molecule has 1 aliphatic carbocycles. The van der Waals surface area contributed by atoms with Gasteiger partial charge in [-0.05, 0) is 61.4 Å². The predicted octanol–water partition coefficient (Wildman–Crippen LogP) is 4.96. The van der Waals surface area contributed by atoms with Crippen molar-refractivity contribution in [3.63, 3.8) is 0 Å². The van der Waals surface area contributed by atoms with E-state index in [-0.39, 0.29) is 5.91 Å². The van der Waals surface area contributed by atoms with E-state index in [1.807, 2.05) is 31.2 Å². The van der Waals surface area contributed by atoms with E-state index < -0.39 is 0 Å². The summed E-state index contributed by atoms with van der Waals surface area (Å²) in [5, 5.41) is 4.82. The normalized spacial score (nSPS) is 14.7. The number of aryl methyl sites for hydroxylation is 1. The molecule has 1 fully saturated rings. The highest BCUT2D eigenvalue weighted by atomic mass is 16.5. The van der Waals surface area contributed by atoms with Gasteiger partial charge in [0.05, 0.1) is 12.9 Å². The molecular formula is C21H22N2O3. The Balaban J connectivity index is 1.52. The van der Waals surface area contributed by atoms with Crippen LogP contribution in [0.5, 0.6) is 5.88 Å². The Labute approximate surface area is 152 Å². The summed E-state index contributed by atoms with van der Waals surface area (Å²) in [6.07, 6.45) is 8.35. The van der Waals surface area contributed by atoms with E-state index in [9.17, 15) is 4.79 Å². The molecule has 3 aromatic rings. The molecule has 0 aliphatic heterocycles. The van der Waals surface area contributed by atoms with E-state index >= 15 is 0 Å². The van der Waals surface area contributed by atoms with Gasteiger partial charge in [0.2, 0.25) is 5.88 Å². The molecule has 1 N–H and O–H groups in total. The number of furan rings is 1. The molecule has 1 aromatic carbocycles. The van der Waals surface area contributed by atoms with E-state index in [2.05, 4.69) is 10.3 Å². The fourth-order valence-electron chi connectivity index (χ4n) is 3.51. The van der Waals surface area contributed by atoms with Gasteiger partial charge in [-0.1, -0.05) is 12.8 Å². The third kappa shape index (κ3) is 3.43. The number of anilines is 1. The van der Waals surface area contributed by atoms with Crippen molar-refractivity contribution in [1.82, 2.24) is 4.98 Å². The number of rotatable bonds is 5. The van der Waals surface area contributed by atoms with Crippen LogP contribution in [0.4, 0.5) is 5.69 Å². The lowest BCUT2D eigenvalue weighted by atomic mass is 10.1. The van der Waals surface area contributed by atoms with E-state index in [0.717, 1.165) is 22.9 Å². The van der Waals surface area contributed by atoms with Crippen LogP contribution in [0.25, 0.3) is 10.8 Å². The molecule has 0 atom stereocenters. The SMILES string of the molecule is Cc1ccoc1C(=O)Nc1ccc2c(OCC3CCCC3)nccc2c1. The van der Waals surface area contributed by atoms with Gasteiger partial charge in [0, 0.05) is 22.8 Å². The van der Waals surface area contributed by atoms with Crippen molar-refractivity contribution in [2.24, 2.45) is 5.92 Å². The van der Waals surface area contributed by atoms with Crippen molar-refractivity contribution in [3.8, 4) is 5.88 Å². The number of carbonyl (C=O) groups excluding carboxylic acids is 1. The summed E-state index contributed by atoms with van der Waals surface area (Å²) < 4.78 is 11.2. The van der Waals surface area contributed by atoms with E-state index in [4.69, 9.17) is 9.15 Å². The second-order valence-corrected chi connectivity index (χ2v) is 6.90. The minimum atomic E-state index is -0.251. The first-order chi connectivity index (χ1) is 12.7. The molecule has 1 aliphatic rings. The second-order valence-electron chi connectivity index (χ2n) is 6.90. The van der Waals surface area contributed by atoms with Gasteiger partial charge in [-0.15, -0.1) is 0 Å². The van der Waals surface area contributed by atoms with Crippen LogP contribution in [0, 0.1) is 12.8 Å². The number of carbonyl (C=O) groups is 1. The molecule has 4 rings (SSSR count). The molecule has 26 heavy (non-hydrogen) atoms. The number of amides is 1. The minimum Gasteiger partial charge on any atom is -0.477 e. The highest BCUT2D eigenvalue weighted by Crippen LogP contribution is 2.29. The van der Waals surface area contributed by atoms with E-state index in [1.165, 1.54) is 31.9 Å². The summed E-state index contributed by atoms with van der Waals surface area (Å²) in [5.41, 5.74) is 1.53. The summed E-state index contributed by atoms with van der Waals surface area (Å²) in [5.74, 6) is 1.38. The Bertz CT molecular complexity index is 926. The van der Waals surface area contributed by atoms with Crippen LogP contribution in [0.1, 0.15) is 41.8 Å². The van der Waals surface area contributed by atoms with Gasteiger partial charge >= 0.3 is 0 Å². The quantitative estimate of drug-likeness (QED) is 0.706. The fraction of sp³-hybridized carbons (Fsp3) is 0.333. The molecule has 134 valence electrons. The summed E-state index contributed by atoms with van der Waals surface area (Å²) >= 11 is 0. The van der Waals surface area contributed by atoms with Crippen molar-refractivity contribution in [2.75, 3.05) is 11.9 Å². The van der Waals surface area contributed by atoms with Crippen molar-refractivity contribution in [2.45, 2.75) is 32.6 Å². The van der Waals surface area contributed by atoms with Gasteiger partial charge in [0.25, 0.3) is 5.91 Å². The Morgan fingerprint density at radius 1 is 1.27 bits per heavy atom. The zero-order chi connectivity index (χ0) is 17.9. The molecule has 2 heterocycles. The Morgan fingerprint density at radius 3 is 2.88 bits per heavy atom.